The van der Waals surface area contributed by atoms with E-state index >= 15 is 0 Å². The quantitative estimate of drug-likeness (QED) is 0.262. The second-order valence-corrected chi connectivity index (χ2v) is 9.21. The predicted octanol–water partition coefficient (Wildman–Crippen LogP) is 6.91. The van der Waals surface area contributed by atoms with Crippen molar-refractivity contribution < 1.29 is 0 Å². The molecule has 2 aromatic heterocycles. The Morgan fingerprint density at radius 2 is 1.44 bits per heavy atom. The van der Waals surface area contributed by atoms with Crippen LogP contribution in [0.3, 0.4) is 0 Å². The standard InChI is InChI=1S/C26H22N4S2/c27-21-13-11-18(12-14-21)15-22(24-17-31-25(28-24)20-9-5-2-6-10-20)29-26-30-23(16-32-26)19-7-3-1-4-8-19/h1-14,16-17,22H,15,27H2,(H,29,30)/t22-/m0/s1. The number of hydrogen-bond acceptors (Lipinski definition) is 6. The summed E-state index contributed by atoms with van der Waals surface area (Å²) in [4.78, 5) is 9.79. The van der Waals surface area contributed by atoms with Crippen molar-refractivity contribution in [3.63, 3.8) is 0 Å². The highest BCUT2D eigenvalue weighted by Gasteiger charge is 2.18. The van der Waals surface area contributed by atoms with E-state index in [0.717, 1.165) is 44.8 Å². The molecule has 0 aliphatic carbocycles. The fourth-order valence-electron chi connectivity index (χ4n) is 3.51. The minimum Gasteiger partial charge on any atom is -0.399 e. The van der Waals surface area contributed by atoms with Crippen LogP contribution in [-0.4, -0.2) is 9.97 Å². The molecular weight excluding hydrogens is 432 g/mol. The molecule has 0 amide bonds. The lowest BCUT2D eigenvalue weighted by molar-refractivity contribution is 0.752. The first-order chi connectivity index (χ1) is 15.7. The number of nitrogens with two attached hydrogens (primary N) is 1. The predicted molar refractivity (Wildman–Crippen MR) is 136 cm³/mol. The Kier molecular flexibility index (Phi) is 5.96. The van der Waals surface area contributed by atoms with Gasteiger partial charge in [-0.1, -0.05) is 72.8 Å². The molecule has 0 saturated carbocycles. The molecule has 6 heteroatoms. The average Bonchev–Trinajstić information content (AvgIpc) is 3.51. The topological polar surface area (TPSA) is 63.8 Å². The zero-order valence-electron chi connectivity index (χ0n) is 17.3. The zero-order chi connectivity index (χ0) is 21.8. The highest BCUT2D eigenvalue weighted by Crippen LogP contribution is 2.32. The molecule has 0 spiro atoms. The maximum atomic E-state index is 5.88. The van der Waals surface area contributed by atoms with Crippen molar-refractivity contribution in [3.8, 4) is 21.8 Å². The molecule has 1 atom stereocenters. The molecular formula is C26H22N4S2. The maximum absolute atomic E-state index is 5.88. The van der Waals surface area contributed by atoms with E-state index < -0.39 is 0 Å². The molecule has 0 fully saturated rings. The van der Waals surface area contributed by atoms with E-state index in [2.05, 4.69) is 52.5 Å². The van der Waals surface area contributed by atoms with Crippen molar-refractivity contribution in [2.45, 2.75) is 12.5 Å². The smallest absolute Gasteiger partial charge is 0.183 e. The number of hydrogen-bond donors (Lipinski definition) is 2. The van der Waals surface area contributed by atoms with Crippen LogP contribution in [0.1, 0.15) is 17.3 Å². The van der Waals surface area contributed by atoms with E-state index in [4.69, 9.17) is 15.7 Å². The van der Waals surface area contributed by atoms with Crippen molar-refractivity contribution in [1.29, 1.82) is 0 Å². The van der Waals surface area contributed by atoms with Crippen molar-refractivity contribution >= 4 is 33.5 Å². The van der Waals surface area contributed by atoms with Gasteiger partial charge in [0, 0.05) is 27.6 Å². The molecule has 5 aromatic rings. The van der Waals surface area contributed by atoms with Crippen LogP contribution in [0.2, 0.25) is 0 Å². The van der Waals surface area contributed by atoms with E-state index in [1.807, 2.05) is 48.5 Å². The number of nitrogens with one attached hydrogen (secondary N) is 1. The largest absolute Gasteiger partial charge is 0.399 e. The molecule has 158 valence electrons. The first-order valence-corrected chi connectivity index (χ1v) is 12.1. The monoisotopic (exact) mass is 454 g/mol. The van der Waals surface area contributed by atoms with Crippen molar-refractivity contribution in [2.75, 3.05) is 11.1 Å². The SMILES string of the molecule is Nc1ccc(C[C@H](Nc2nc(-c3ccccc3)cs2)c2csc(-c3ccccc3)n2)cc1. The molecule has 32 heavy (non-hydrogen) atoms. The molecule has 0 saturated heterocycles. The van der Waals surface area contributed by atoms with E-state index in [1.54, 1.807) is 22.7 Å². The second-order valence-electron chi connectivity index (χ2n) is 7.49. The van der Waals surface area contributed by atoms with Gasteiger partial charge < -0.3 is 11.1 Å². The Bertz CT molecular complexity index is 1280. The van der Waals surface area contributed by atoms with Crippen molar-refractivity contribution in [1.82, 2.24) is 9.97 Å². The average molecular weight is 455 g/mol. The minimum atomic E-state index is 0.00195. The van der Waals surface area contributed by atoms with Crippen LogP contribution in [0.5, 0.6) is 0 Å². The van der Waals surface area contributed by atoms with Gasteiger partial charge in [0.15, 0.2) is 5.13 Å². The normalized spacial score (nSPS) is 11.9. The van der Waals surface area contributed by atoms with Gasteiger partial charge in [-0.15, -0.1) is 22.7 Å². The fraction of sp³-hybridized carbons (Fsp3) is 0.0769. The summed E-state index contributed by atoms with van der Waals surface area (Å²) in [5, 5.41) is 9.78. The Balaban J connectivity index is 1.43. The molecule has 3 aromatic carbocycles. The van der Waals surface area contributed by atoms with E-state index in [0.29, 0.717) is 0 Å². The molecule has 0 bridgehead atoms. The third kappa shape index (κ3) is 4.72. The van der Waals surface area contributed by atoms with Crippen molar-refractivity contribution in [3.05, 3.63) is 107 Å². The minimum absolute atomic E-state index is 0.00195. The number of anilines is 2. The van der Waals surface area contributed by atoms with Gasteiger partial charge in [-0.2, -0.15) is 0 Å². The summed E-state index contributed by atoms with van der Waals surface area (Å²) in [7, 11) is 0. The molecule has 0 radical (unpaired) electrons. The Labute approximate surface area is 195 Å². The lowest BCUT2D eigenvalue weighted by Gasteiger charge is -2.16. The van der Waals surface area contributed by atoms with Crippen LogP contribution < -0.4 is 11.1 Å². The maximum Gasteiger partial charge on any atom is 0.183 e. The van der Waals surface area contributed by atoms with Crippen LogP contribution in [0.4, 0.5) is 10.8 Å². The summed E-state index contributed by atoms with van der Waals surface area (Å²) in [5.74, 6) is 0. The van der Waals surface area contributed by atoms with E-state index in [1.165, 1.54) is 5.56 Å². The lowest BCUT2D eigenvalue weighted by atomic mass is 10.0. The van der Waals surface area contributed by atoms with Crippen LogP contribution in [0, 0.1) is 0 Å². The van der Waals surface area contributed by atoms with Gasteiger partial charge in [0.05, 0.1) is 17.4 Å². The van der Waals surface area contributed by atoms with Gasteiger partial charge >= 0.3 is 0 Å². The molecule has 2 heterocycles. The summed E-state index contributed by atoms with van der Waals surface area (Å²) in [5.41, 5.74) is 12.1. The summed E-state index contributed by atoms with van der Waals surface area (Å²) >= 11 is 3.29. The second kappa shape index (κ2) is 9.34. The Morgan fingerprint density at radius 3 is 2.16 bits per heavy atom. The summed E-state index contributed by atoms with van der Waals surface area (Å²) < 4.78 is 0. The van der Waals surface area contributed by atoms with Gasteiger partial charge in [-0.25, -0.2) is 9.97 Å². The lowest BCUT2D eigenvalue weighted by Crippen LogP contribution is -2.14. The number of nitrogen functional groups attached to an aromatic ring is 1. The van der Waals surface area contributed by atoms with Gasteiger partial charge in [0.2, 0.25) is 0 Å². The van der Waals surface area contributed by atoms with Gasteiger partial charge in [-0.3, -0.25) is 0 Å². The summed E-state index contributed by atoms with van der Waals surface area (Å²) in [6.07, 6.45) is 0.790. The first kappa shape index (κ1) is 20.4. The third-order valence-corrected chi connectivity index (χ3v) is 6.87. The Morgan fingerprint density at radius 1 is 0.750 bits per heavy atom. The number of thiazole rings is 2. The molecule has 0 unspecified atom stereocenters. The van der Waals surface area contributed by atoms with Crippen LogP contribution in [-0.2, 0) is 6.42 Å². The highest BCUT2D eigenvalue weighted by molar-refractivity contribution is 7.14. The van der Waals surface area contributed by atoms with Crippen LogP contribution in [0.25, 0.3) is 21.8 Å². The zero-order valence-corrected chi connectivity index (χ0v) is 18.9. The summed E-state index contributed by atoms with van der Waals surface area (Å²) in [6, 6.07) is 28.6. The number of benzene rings is 3. The van der Waals surface area contributed by atoms with Crippen LogP contribution >= 0.6 is 22.7 Å². The molecule has 0 aliphatic rings. The van der Waals surface area contributed by atoms with E-state index in [-0.39, 0.29) is 6.04 Å². The fourth-order valence-corrected chi connectivity index (χ4v) is 5.16. The third-order valence-electron chi connectivity index (χ3n) is 5.19. The van der Waals surface area contributed by atoms with Crippen molar-refractivity contribution in [2.24, 2.45) is 0 Å². The highest BCUT2D eigenvalue weighted by atomic mass is 32.1. The molecule has 5 rings (SSSR count). The van der Waals surface area contributed by atoms with Gasteiger partial charge in [-0.05, 0) is 24.1 Å². The number of nitrogens with zero attached hydrogens (tertiary/aromatic N) is 2. The first-order valence-electron chi connectivity index (χ1n) is 10.4. The molecule has 4 nitrogen and oxygen atoms in total. The molecule has 3 N–H and O–H groups in total. The molecule has 0 aliphatic heterocycles. The summed E-state index contributed by atoms with van der Waals surface area (Å²) in [6.45, 7) is 0. The Hall–Kier alpha value is -3.48. The van der Waals surface area contributed by atoms with E-state index in [9.17, 15) is 0 Å². The van der Waals surface area contributed by atoms with Gasteiger partial charge in [0.1, 0.15) is 5.01 Å². The van der Waals surface area contributed by atoms with Crippen LogP contribution in [0.15, 0.2) is 95.7 Å². The van der Waals surface area contributed by atoms with Gasteiger partial charge in [0.25, 0.3) is 0 Å². The number of aromatic nitrogens is 2. The number of rotatable bonds is 7.